The van der Waals surface area contributed by atoms with E-state index in [1.54, 1.807) is 12.3 Å². The number of pyridine rings is 2. The minimum atomic E-state index is 0.214. The summed E-state index contributed by atoms with van der Waals surface area (Å²) in [5.41, 5.74) is 1.85. The molecule has 0 aliphatic carbocycles. The van der Waals surface area contributed by atoms with Crippen molar-refractivity contribution in [2.24, 2.45) is 5.41 Å². The molecular weight excluding hydrogens is 350 g/mol. The Morgan fingerprint density at radius 2 is 2.00 bits per heavy atom. The number of amides is 1. The maximum absolute atomic E-state index is 12.5. The summed E-state index contributed by atoms with van der Waals surface area (Å²) in [6, 6.07) is 11.7. The highest BCUT2D eigenvalue weighted by atomic mass is 16.2. The molecule has 0 atom stereocenters. The van der Waals surface area contributed by atoms with Gasteiger partial charge in [-0.3, -0.25) is 9.78 Å². The van der Waals surface area contributed by atoms with E-state index in [-0.39, 0.29) is 11.3 Å². The third kappa shape index (κ3) is 3.99. The Balaban J connectivity index is 1.37. The average molecular weight is 375 g/mol. The van der Waals surface area contributed by atoms with Gasteiger partial charge in [0.15, 0.2) is 0 Å². The Morgan fingerprint density at radius 3 is 2.75 bits per heavy atom. The van der Waals surface area contributed by atoms with E-state index >= 15 is 0 Å². The summed E-state index contributed by atoms with van der Waals surface area (Å²) in [5.74, 6) is 1.16. The molecule has 6 heteroatoms. The van der Waals surface area contributed by atoms with Gasteiger partial charge >= 0.3 is 0 Å². The van der Waals surface area contributed by atoms with Crippen LogP contribution in [0.15, 0.2) is 42.7 Å². The Bertz CT molecular complexity index is 868. The lowest BCUT2D eigenvalue weighted by atomic mass is 9.72. The molecule has 0 radical (unpaired) electrons. The van der Waals surface area contributed by atoms with Crippen LogP contribution in [-0.4, -0.2) is 47.0 Å². The summed E-state index contributed by atoms with van der Waals surface area (Å²) in [7, 11) is 0. The van der Waals surface area contributed by atoms with Crippen molar-refractivity contribution in [3.8, 4) is 6.07 Å². The molecule has 2 aromatic heterocycles. The minimum Gasteiger partial charge on any atom is -0.357 e. The molecule has 0 N–H and O–H groups in total. The monoisotopic (exact) mass is 375 g/mol. The Hall–Kier alpha value is -2.94. The first kappa shape index (κ1) is 18.4. The molecule has 0 saturated carbocycles. The van der Waals surface area contributed by atoms with Crippen LogP contribution in [0.25, 0.3) is 0 Å². The molecule has 0 bridgehead atoms. The highest BCUT2D eigenvalue weighted by Crippen LogP contribution is 2.41. The Labute approximate surface area is 165 Å². The van der Waals surface area contributed by atoms with E-state index in [9.17, 15) is 4.79 Å². The highest BCUT2D eigenvalue weighted by molar-refractivity contribution is 5.77. The van der Waals surface area contributed by atoms with Gasteiger partial charge in [-0.25, -0.2) is 4.98 Å². The van der Waals surface area contributed by atoms with E-state index in [0.717, 1.165) is 57.7 Å². The lowest BCUT2D eigenvalue weighted by Gasteiger charge is -2.47. The topological polar surface area (TPSA) is 73.1 Å². The average Bonchev–Trinajstić information content (AvgIpc) is 2.76. The maximum Gasteiger partial charge on any atom is 0.222 e. The fourth-order valence-corrected chi connectivity index (χ4v) is 4.40. The van der Waals surface area contributed by atoms with E-state index in [1.165, 1.54) is 5.56 Å². The van der Waals surface area contributed by atoms with Crippen molar-refractivity contribution in [3.05, 3.63) is 54.0 Å². The molecular formula is C22H25N5O. The second kappa shape index (κ2) is 7.97. The van der Waals surface area contributed by atoms with Crippen molar-refractivity contribution in [2.75, 3.05) is 31.1 Å². The van der Waals surface area contributed by atoms with Crippen molar-refractivity contribution < 1.29 is 4.79 Å². The Kier molecular flexibility index (Phi) is 5.25. The molecule has 0 aromatic carbocycles. The highest BCUT2D eigenvalue weighted by Gasteiger charge is 2.41. The molecule has 2 aliphatic rings. The second-order valence-corrected chi connectivity index (χ2v) is 7.91. The zero-order valence-electron chi connectivity index (χ0n) is 16.0. The molecule has 0 unspecified atom stereocenters. The number of carbonyl (C=O) groups excluding carboxylic acids is 1. The van der Waals surface area contributed by atoms with Crippen LogP contribution in [0.1, 0.15) is 36.9 Å². The van der Waals surface area contributed by atoms with E-state index in [4.69, 9.17) is 5.26 Å². The van der Waals surface area contributed by atoms with Crippen LogP contribution in [-0.2, 0) is 11.2 Å². The Morgan fingerprint density at radius 1 is 1.14 bits per heavy atom. The molecule has 4 rings (SSSR count). The van der Waals surface area contributed by atoms with Crippen molar-refractivity contribution in [3.63, 3.8) is 0 Å². The van der Waals surface area contributed by atoms with Crippen molar-refractivity contribution in [1.29, 1.82) is 5.26 Å². The number of piperidine rings is 2. The first-order valence-electron chi connectivity index (χ1n) is 9.96. The van der Waals surface area contributed by atoms with Crippen LogP contribution in [0, 0.1) is 16.7 Å². The lowest BCUT2D eigenvalue weighted by molar-refractivity contribution is -0.138. The van der Waals surface area contributed by atoms with E-state index in [1.807, 2.05) is 24.4 Å². The van der Waals surface area contributed by atoms with Crippen LogP contribution in [0.2, 0.25) is 0 Å². The number of likely N-dealkylation sites (tertiary alicyclic amines) is 1. The maximum atomic E-state index is 12.5. The molecule has 144 valence electrons. The molecule has 1 spiro atoms. The summed E-state index contributed by atoms with van der Waals surface area (Å²) >= 11 is 0. The molecule has 1 amide bonds. The summed E-state index contributed by atoms with van der Waals surface area (Å²) < 4.78 is 0. The van der Waals surface area contributed by atoms with Gasteiger partial charge in [0.1, 0.15) is 17.6 Å². The van der Waals surface area contributed by atoms with Gasteiger partial charge < -0.3 is 9.80 Å². The molecule has 2 fully saturated rings. The number of aromatic nitrogens is 2. The smallest absolute Gasteiger partial charge is 0.222 e. The number of nitrogens with zero attached hydrogens (tertiary/aromatic N) is 5. The summed E-state index contributed by atoms with van der Waals surface area (Å²) in [6.07, 6.45) is 8.26. The van der Waals surface area contributed by atoms with Gasteiger partial charge in [0.05, 0.1) is 0 Å². The van der Waals surface area contributed by atoms with Crippen molar-refractivity contribution >= 4 is 11.7 Å². The number of nitriles is 1. The quantitative estimate of drug-likeness (QED) is 0.822. The molecule has 2 saturated heterocycles. The normalized spacial score (nSPS) is 18.9. The molecule has 2 aromatic rings. The lowest BCUT2D eigenvalue weighted by Crippen LogP contribution is -2.52. The van der Waals surface area contributed by atoms with Gasteiger partial charge in [-0.2, -0.15) is 5.26 Å². The number of hydrogen-bond donors (Lipinski definition) is 0. The number of anilines is 1. The zero-order chi connectivity index (χ0) is 19.4. The third-order valence-corrected chi connectivity index (χ3v) is 6.14. The molecule has 4 heterocycles. The number of rotatable bonds is 4. The van der Waals surface area contributed by atoms with Gasteiger partial charge in [-0.05, 0) is 54.9 Å². The standard InChI is InChI=1S/C22H25N5O/c23-15-19-4-1-5-20(25-19)26-13-9-22(10-14-26)8-6-21(28)27(17-22)12-7-18-3-2-11-24-16-18/h1-5,11,16H,6-10,12-14,17H2. The van der Waals surface area contributed by atoms with E-state index in [2.05, 4.69) is 31.9 Å². The van der Waals surface area contributed by atoms with Crippen LogP contribution >= 0.6 is 0 Å². The van der Waals surface area contributed by atoms with Crippen molar-refractivity contribution in [1.82, 2.24) is 14.9 Å². The van der Waals surface area contributed by atoms with Crippen LogP contribution in [0.5, 0.6) is 0 Å². The van der Waals surface area contributed by atoms with Gasteiger partial charge in [0.25, 0.3) is 0 Å². The first-order chi connectivity index (χ1) is 13.7. The second-order valence-electron chi connectivity index (χ2n) is 7.91. The van der Waals surface area contributed by atoms with E-state index < -0.39 is 0 Å². The van der Waals surface area contributed by atoms with E-state index in [0.29, 0.717) is 12.1 Å². The van der Waals surface area contributed by atoms with Crippen molar-refractivity contribution in [2.45, 2.75) is 32.1 Å². The van der Waals surface area contributed by atoms with Crippen LogP contribution < -0.4 is 4.90 Å². The van der Waals surface area contributed by atoms with Crippen LogP contribution in [0.3, 0.4) is 0 Å². The zero-order valence-corrected chi connectivity index (χ0v) is 16.0. The fourth-order valence-electron chi connectivity index (χ4n) is 4.40. The summed E-state index contributed by atoms with van der Waals surface area (Å²) in [4.78, 5) is 25.4. The van der Waals surface area contributed by atoms with Gasteiger partial charge in [-0.15, -0.1) is 0 Å². The largest absolute Gasteiger partial charge is 0.357 e. The van der Waals surface area contributed by atoms with Gasteiger partial charge in [0, 0.05) is 45.0 Å². The van der Waals surface area contributed by atoms with Gasteiger partial charge in [-0.1, -0.05) is 12.1 Å². The molecule has 28 heavy (non-hydrogen) atoms. The molecule has 2 aliphatic heterocycles. The summed E-state index contributed by atoms with van der Waals surface area (Å²) in [6.45, 7) is 3.46. The predicted molar refractivity (Wildman–Crippen MR) is 107 cm³/mol. The number of carbonyl (C=O) groups is 1. The SMILES string of the molecule is N#Cc1cccc(N2CCC3(CCC(=O)N(CCc4cccnc4)C3)CC2)n1. The minimum absolute atomic E-state index is 0.214. The molecule has 6 nitrogen and oxygen atoms in total. The third-order valence-electron chi connectivity index (χ3n) is 6.14. The van der Waals surface area contributed by atoms with Crippen LogP contribution in [0.4, 0.5) is 5.82 Å². The predicted octanol–water partition coefficient (Wildman–Crippen LogP) is 2.80. The van der Waals surface area contributed by atoms with Gasteiger partial charge in [0.2, 0.25) is 5.91 Å². The fraction of sp³-hybridized carbons (Fsp3) is 0.455. The number of hydrogen-bond acceptors (Lipinski definition) is 5. The summed E-state index contributed by atoms with van der Waals surface area (Å²) in [5, 5.41) is 9.07. The first-order valence-corrected chi connectivity index (χ1v) is 9.96.